The Morgan fingerprint density at radius 1 is 1.12 bits per heavy atom. The lowest BCUT2D eigenvalue weighted by Crippen LogP contribution is -2.42. The Hall–Kier alpha value is -3.73. The average Bonchev–Trinajstić information content (AvgIpc) is 2.96. The van der Waals surface area contributed by atoms with Crippen molar-refractivity contribution >= 4 is 22.6 Å². The van der Waals surface area contributed by atoms with Gasteiger partial charge >= 0.3 is 5.97 Å². The Labute approximate surface area is 232 Å². The molecule has 0 spiro atoms. The summed E-state index contributed by atoms with van der Waals surface area (Å²) in [5.41, 5.74) is 3.49. The number of piperidine rings is 1. The Morgan fingerprint density at radius 2 is 1.85 bits per heavy atom. The highest BCUT2D eigenvalue weighted by atomic mass is 19.1. The van der Waals surface area contributed by atoms with Crippen LogP contribution in [0, 0.1) is 11.6 Å². The number of benzene rings is 2. The van der Waals surface area contributed by atoms with E-state index in [1.165, 1.54) is 12.1 Å². The van der Waals surface area contributed by atoms with Gasteiger partial charge in [-0.25, -0.2) is 13.8 Å². The lowest BCUT2D eigenvalue weighted by atomic mass is 10.0. The molecule has 2 aliphatic heterocycles. The van der Waals surface area contributed by atoms with Gasteiger partial charge in [0.15, 0.2) is 0 Å². The fourth-order valence-corrected chi connectivity index (χ4v) is 5.19. The number of allylic oxidation sites excluding steroid dienone is 2. The first-order chi connectivity index (χ1) is 19.4. The monoisotopic (exact) mass is 549 g/mol. The first-order valence-electron chi connectivity index (χ1n) is 13.5. The van der Waals surface area contributed by atoms with Gasteiger partial charge in [-0.15, -0.1) is 0 Å². The van der Waals surface area contributed by atoms with Crippen LogP contribution in [0.5, 0.6) is 0 Å². The quantitative estimate of drug-likeness (QED) is 0.386. The molecule has 1 aromatic heterocycles. The highest BCUT2D eigenvalue weighted by Crippen LogP contribution is 2.31. The third-order valence-corrected chi connectivity index (χ3v) is 7.45. The van der Waals surface area contributed by atoms with Crippen LogP contribution in [0.3, 0.4) is 0 Å². The van der Waals surface area contributed by atoms with Crippen molar-refractivity contribution in [3.05, 3.63) is 78.3 Å². The largest absolute Gasteiger partial charge is 0.480 e. The van der Waals surface area contributed by atoms with E-state index in [-0.39, 0.29) is 24.7 Å². The van der Waals surface area contributed by atoms with Gasteiger partial charge in [-0.05, 0) is 36.6 Å². The standard InChI is InChI=1S/C30H33F2N5O3/c1-2-20(16-33-22-6-8-36(9-7-22)19-29(38)39)28-17-34-27-5-3-4-23(30(27)35-28)21-14-25(31)24(26(32)15-21)18-37-10-12-40-13-11-37/h2-5,14-17,22,33H,1,6-13,18-19H2,(H,38,39)/b20-16+. The molecule has 0 atom stereocenters. The number of aliphatic carboxylic acids is 1. The number of aromatic nitrogens is 2. The van der Waals surface area contributed by atoms with Crippen molar-refractivity contribution < 1.29 is 23.4 Å². The molecule has 2 aliphatic rings. The molecule has 3 aromatic rings. The van der Waals surface area contributed by atoms with E-state index in [4.69, 9.17) is 14.8 Å². The molecular formula is C30H33F2N5O3. The van der Waals surface area contributed by atoms with E-state index in [0.29, 0.717) is 67.2 Å². The minimum absolute atomic E-state index is 0.0504. The maximum Gasteiger partial charge on any atom is 0.317 e. The summed E-state index contributed by atoms with van der Waals surface area (Å²) in [5, 5.41) is 12.4. The molecule has 5 rings (SSSR count). The number of hydrogen-bond acceptors (Lipinski definition) is 7. The average molecular weight is 550 g/mol. The summed E-state index contributed by atoms with van der Waals surface area (Å²) >= 11 is 0. The van der Waals surface area contributed by atoms with E-state index in [0.717, 1.165) is 18.4 Å². The van der Waals surface area contributed by atoms with Crippen molar-refractivity contribution in [2.75, 3.05) is 45.9 Å². The summed E-state index contributed by atoms with van der Waals surface area (Å²) in [6.45, 7) is 7.98. The number of halogens is 2. The van der Waals surface area contributed by atoms with Gasteiger partial charge in [0.25, 0.3) is 0 Å². The fourth-order valence-electron chi connectivity index (χ4n) is 5.19. The second kappa shape index (κ2) is 12.6. The van der Waals surface area contributed by atoms with Crippen molar-refractivity contribution in [2.45, 2.75) is 25.4 Å². The van der Waals surface area contributed by atoms with Gasteiger partial charge in [0, 0.05) is 61.7 Å². The number of carboxylic acids is 1. The van der Waals surface area contributed by atoms with Gasteiger partial charge in [-0.3, -0.25) is 19.6 Å². The third kappa shape index (κ3) is 6.52. The van der Waals surface area contributed by atoms with Crippen molar-refractivity contribution in [1.29, 1.82) is 0 Å². The number of nitrogens with zero attached hydrogens (tertiary/aromatic N) is 4. The molecule has 0 saturated carbocycles. The molecule has 0 unspecified atom stereocenters. The normalized spacial score (nSPS) is 17.7. The number of carbonyl (C=O) groups is 1. The second-order valence-electron chi connectivity index (χ2n) is 10.2. The molecule has 2 fully saturated rings. The van der Waals surface area contributed by atoms with Crippen molar-refractivity contribution in [3.63, 3.8) is 0 Å². The number of likely N-dealkylation sites (tertiary alicyclic amines) is 1. The number of fused-ring (bicyclic) bond motifs is 1. The minimum Gasteiger partial charge on any atom is -0.480 e. The summed E-state index contributed by atoms with van der Waals surface area (Å²) in [6.07, 6.45) is 6.83. The zero-order valence-corrected chi connectivity index (χ0v) is 22.3. The lowest BCUT2D eigenvalue weighted by Gasteiger charge is -2.31. The third-order valence-electron chi connectivity index (χ3n) is 7.45. The molecule has 2 N–H and O–H groups in total. The van der Waals surface area contributed by atoms with Gasteiger partial charge in [0.05, 0.1) is 42.7 Å². The number of para-hydroxylation sites is 1. The minimum atomic E-state index is -0.816. The van der Waals surface area contributed by atoms with Crippen LogP contribution in [0.25, 0.3) is 27.7 Å². The van der Waals surface area contributed by atoms with Gasteiger partial charge in [-0.2, -0.15) is 0 Å². The maximum atomic E-state index is 15.2. The van der Waals surface area contributed by atoms with Gasteiger partial charge < -0.3 is 15.2 Å². The van der Waals surface area contributed by atoms with Crippen molar-refractivity contribution in [3.8, 4) is 11.1 Å². The molecule has 0 aliphatic carbocycles. The highest BCUT2D eigenvalue weighted by Gasteiger charge is 2.21. The number of nitrogens with one attached hydrogen (secondary N) is 1. The van der Waals surface area contributed by atoms with Crippen LogP contribution < -0.4 is 5.32 Å². The van der Waals surface area contributed by atoms with E-state index in [1.54, 1.807) is 24.4 Å². The Morgan fingerprint density at radius 3 is 2.52 bits per heavy atom. The number of carboxylic acid groups (broad SMARTS) is 1. The van der Waals surface area contributed by atoms with Crippen LogP contribution >= 0.6 is 0 Å². The summed E-state index contributed by atoms with van der Waals surface area (Å²) in [5.74, 6) is -2.00. The Bertz CT molecular complexity index is 1390. The molecule has 2 saturated heterocycles. The first kappa shape index (κ1) is 27.8. The van der Waals surface area contributed by atoms with Crippen LogP contribution in [0.4, 0.5) is 8.78 Å². The van der Waals surface area contributed by atoms with Crippen LogP contribution in [0.15, 0.2) is 55.4 Å². The zero-order chi connectivity index (χ0) is 28.1. The maximum absolute atomic E-state index is 15.2. The predicted octanol–water partition coefficient (Wildman–Crippen LogP) is 4.07. The number of hydrogen-bond donors (Lipinski definition) is 2. The number of ether oxygens (including phenoxy) is 1. The Kier molecular flexibility index (Phi) is 8.78. The molecule has 40 heavy (non-hydrogen) atoms. The molecule has 10 heteroatoms. The summed E-state index contributed by atoms with van der Waals surface area (Å²) in [7, 11) is 0. The van der Waals surface area contributed by atoms with E-state index in [1.807, 2.05) is 22.1 Å². The summed E-state index contributed by atoms with van der Waals surface area (Å²) in [6, 6.07) is 8.33. The van der Waals surface area contributed by atoms with Crippen LogP contribution in [0.2, 0.25) is 0 Å². The van der Waals surface area contributed by atoms with E-state index in [9.17, 15) is 4.79 Å². The van der Waals surface area contributed by atoms with Gasteiger partial charge in [0.1, 0.15) is 11.6 Å². The SMILES string of the molecule is C=C/C(=C\NC1CCN(CC(=O)O)CC1)c1cnc2cccc(-c3cc(F)c(CN4CCOCC4)c(F)c3)c2n1. The smallest absolute Gasteiger partial charge is 0.317 e. The first-order valence-corrected chi connectivity index (χ1v) is 13.5. The predicted molar refractivity (Wildman–Crippen MR) is 149 cm³/mol. The van der Waals surface area contributed by atoms with Crippen molar-refractivity contribution in [1.82, 2.24) is 25.1 Å². The number of morpholine rings is 1. The van der Waals surface area contributed by atoms with Gasteiger partial charge in [-0.1, -0.05) is 24.8 Å². The molecule has 0 amide bonds. The molecule has 0 radical (unpaired) electrons. The highest BCUT2D eigenvalue weighted by molar-refractivity contribution is 5.92. The van der Waals surface area contributed by atoms with Crippen LogP contribution in [-0.2, 0) is 16.1 Å². The molecule has 210 valence electrons. The zero-order valence-electron chi connectivity index (χ0n) is 22.3. The van der Waals surface area contributed by atoms with E-state index >= 15 is 8.78 Å². The second-order valence-corrected chi connectivity index (χ2v) is 10.2. The molecular weight excluding hydrogens is 516 g/mol. The molecule has 3 heterocycles. The van der Waals surface area contributed by atoms with Gasteiger partial charge in [0.2, 0.25) is 0 Å². The van der Waals surface area contributed by atoms with Crippen LogP contribution in [-0.4, -0.2) is 82.8 Å². The lowest BCUT2D eigenvalue weighted by molar-refractivity contribution is -0.138. The van der Waals surface area contributed by atoms with Crippen LogP contribution in [0.1, 0.15) is 24.1 Å². The molecule has 2 aromatic carbocycles. The fraction of sp³-hybridized carbons (Fsp3) is 0.367. The van der Waals surface area contributed by atoms with E-state index < -0.39 is 17.6 Å². The number of rotatable bonds is 9. The van der Waals surface area contributed by atoms with Crippen molar-refractivity contribution in [2.24, 2.45) is 0 Å². The molecule has 8 nitrogen and oxygen atoms in total. The Balaban J connectivity index is 1.37. The molecule has 0 bridgehead atoms. The topological polar surface area (TPSA) is 90.8 Å². The van der Waals surface area contributed by atoms with E-state index in [2.05, 4.69) is 16.9 Å². The summed E-state index contributed by atoms with van der Waals surface area (Å²) < 4.78 is 35.7. The summed E-state index contributed by atoms with van der Waals surface area (Å²) in [4.78, 5) is 24.3.